The first-order valence-corrected chi connectivity index (χ1v) is 11.5. The van der Waals surface area contributed by atoms with Crippen molar-refractivity contribution in [3.05, 3.63) is 71.7 Å². The fourth-order valence-corrected chi connectivity index (χ4v) is 4.23. The lowest BCUT2D eigenvalue weighted by molar-refractivity contribution is -0.118. The number of aromatic nitrogens is 4. The van der Waals surface area contributed by atoms with Crippen molar-refractivity contribution in [2.24, 2.45) is 0 Å². The van der Waals surface area contributed by atoms with Crippen LogP contribution < -0.4 is 16.0 Å². The number of aromatic amines is 2. The number of amides is 3. The van der Waals surface area contributed by atoms with Crippen molar-refractivity contribution in [3.8, 4) is 0 Å². The van der Waals surface area contributed by atoms with Gasteiger partial charge >= 0.3 is 0 Å². The summed E-state index contributed by atoms with van der Waals surface area (Å²) in [5.74, 6) is -0.160. The lowest BCUT2D eigenvalue weighted by atomic mass is 10.1. The van der Waals surface area contributed by atoms with Gasteiger partial charge in [-0.1, -0.05) is 30.3 Å². The summed E-state index contributed by atoms with van der Waals surface area (Å²) in [5, 5.41) is 16.2. The molecular weight excluding hydrogens is 446 g/mol. The van der Waals surface area contributed by atoms with Crippen molar-refractivity contribution in [2.75, 3.05) is 10.6 Å². The molecule has 5 N–H and O–H groups in total. The standard InChI is InChI=1S/C25H25N7O3/c33-22(13-12-20-24(35)27-19-10-4-2-8-17(19)23(34)28-20)30-25-29-21(31-32-25)11-5-6-15-14-26-18-9-3-1-7-16(15)18/h1-4,7-10,14,20,26H,5-6,11-13H2,(H,27,35)(H,28,34)(H2,29,30,31,32,33)/t20-/m1/s1. The van der Waals surface area contributed by atoms with Gasteiger partial charge in [-0.2, -0.15) is 4.98 Å². The minimum absolute atomic E-state index is 0.0269. The fourth-order valence-electron chi connectivity index (χ4n) is 4.23. The highest BCUT2D eigenvalue weighted by molar-refractivity contribution is 6.09. The molecular formula is C25H25N7O3. The van der Waals surface area contributed by atoms with Gasteiger partial charge in [0.15, 0.2) is 0 Å². The van der Waals surface area contributed by atoms with Crippen molar-refractivity contribution in [1.29, 1.82) is 0 Å². The summed E-state index contributed by atoms with van der Waals surface area (Å²) in [6.07, 6.45) is 4.68. The maximum Gasteiger partial charge on any atom is 0.254 e. The van der Waals surface area contributed by atoms with Crippen molar-refractivity contribution in [2.45, 2.75) is 38.1 Å². The molecule has 0 fully saturated rings. The molecule has 2 aromatic carbocycles. The van der Waals surface area contributed by atoms with Gasteiger partial charge in [0.25, 0.3) is 5.91 Å². The number of carbonyl (C=O) groups excluding carboxylic acids is 3. The number of nitrogens with zero attached hydrogens (tertiary/aromatic N) is 2. The third kappa shape index (κ3) is 5.06. The van der Waals surface area contributed by atoms with Crippen LogP contribution in [0.2, 0.25) is 0 Å². The summed E-state index contributed by atoms with van der Waals surface area (Å²) in [4.78, 5) is 44.9. The maximum atomic E-state index is 12.5. The average molecular weight is 472 g/mol. The number of carbonyl (C=O) groups is 3. The highest BCUT2D eigenvalue weighted by Gasteiger charge is 2.28. The first-order chi connectivity index (χ1) is 17.1. The number of para-hydroxylation sites is 2. The summed E-state index contributed by atoms with van der Waals surface area (Å²) in [5.41, 5.74) is 3.23. The Kier molecular flexibility index (Phi) is 6.25. The molecule has 4 aromatic rings. The van der Waals surface area contributed by atoms with E-state index in [2.05, 4.69) is 48.2 Å². The number of nitrogens with one attached hydrogen (secondary N) is 5. The Morgan fingerprint density at radius 1 is 1.03 bits per heavy atom. The van der Waals surface area contributed by atoms with Gasteiger partial charge in [-0.15, -0.1) is 5.10 Å². The van der Waals surface area contributed by atoms with E-state index in [4.69, 9.17) is 0 Å². The van der Waals surface area contributed by atoms with Crippen LogP contribution in [0, 0.1) is 0 Å². The van der Waals surface area contributed by atoms with Gasteiger partial charge in [0, 0.05) is 29.9 Å². The van der Waals surface area contributed by atoms with Crippen molar-refractivity contribution >= 4 is 40.3 Å². The molecule has 10 heteroatoms. The number of benzene rings is 2. The maximum absolute atomic E-state index is 12.5. The number of hydrogen-bond donors (Lipinski definition) is 5. The number of anilines is 2. The molecule has 1 aliphatic heterocycles. The van der Waals surface area contributed by atoms with E-state index in [-0.39, 0.29) is 36.5 Å². The summed E-state index contributed by atoms with van der Waals surface area (Å²) >= 11 is 0. The van der Waals surface area contributed by atoms with E-state index in [0.29, 0.717) is 23.5 Å². The SMILES string of the molecule is O=C(CC[C@H]1NC(=O)c2ccccc2NC1=O)Nc1n[nH]c(CCCc2c[nH]c3ccccc23)n1. The van der Waals surface area contributed by atoms with Crippen LogP contribution >= 0.6 is 0 Å². The number of H-pyrrole nitrogens is 2. The average Bonchev–Trinajstić information content (AvgIpc) is 3.46. The topological polar surface area (TPSA) is 145 Å². The number of aryl methyl sites for hydroxylation is 2. The predicted molar refractivity (Wildman–Crippen MR) is 131 cm³/mol. The molecule has 5 rings (SSSR count). The van der Waals surface area contributed by atoms with E-state index in [0.717, 1.165) is 18.4 Å². The predicted octanol–water partition coefficient (Wildman–Crippen LogP) is 2.93. The zero-order chi connectivity index (χ0) is 24.2. The molecule has 1 aliphatic rings. The smallest absolute Gasteiger partial charge is 0.254 e. The lowest BCUT2D eigenvalue weighted by Crippen LogP contribution is -2.41. The number of hydrogen-bond acceptors (Lipinski definition) is 5. The van der Waals surface area contributed by atoms with Crippen LogP contribution in [0.3, 0.4) is 0 Å². The van der Waals surface area contributed by atoms with Gasteiger partial charge in [-0.3, -0.25) is 24.8 Å². The Labute approximate surface area is 200 Å². The second kappa shape index (κ2) is 9.80. The lowest BCUT2D eigenvalue weighted by Gasteiger charge is -2.13. The zero-order valence-corrected chi connectivity index (χ0v) is 18.9. The molecule has 0 spiro atoms. The number of rotatable bonds is 8. The highest BCUT2D eigenvalue weighted by Crippen LogP contribution is 2.20. The van der Waals surface area contributed by atoms with E-state index >= 15 is 0 Å². The van der Waals surface area contributed by atoms with Crippen LogP contribution in [-0.4, -0.2) is 43.9 Å². The zero-order valence-electron chi connectivity index (χ0n) is 18.9. The summed E-state index contributed by atoms with van der Waals surface area (Å²) in [6, 6.07) is 14.2. The van der Waals surface area contributed by atoms with E-state index in [1.807, 2.05) is 18.3 Å². The van der Waals surface area contributed by atoms with Gasteiger partial charge in [-0.25, -0.2) is 0 Å². The molecule has 0 radical (unpaired) electrons. The van der Waals surface area contributed by atoms with E-state index < -0.39 is 6.04 Å². The summed E-state index contributed by atoms with van der Waals surface area (Å²) in [7, 11) is 0. The molecule has 178 valence electrons. The first-order valence-electron chi connectivity index (χ1n) is 11.5. The number of fused-ring (bicyclic) bond motifs is 2. The molecule has 1 atom stereocenters. The molecule has 3 heterocycles. The second-order valence-corrected chi connectivity index (χ2v) is 8.47. The van der Waals surface area contributed by atoms with E-state index in [9.17, 15) is 14.4 Å². The van der Waals surface area contributed by atoms with Crippen molar-refractivity contribution < 1.29 is 14.4 Å². The highest BCUT2D eigenvalue weighted by atomic mass is 16.2. The van der Waals surface area contributed by atoms with Crippen LogP contribution in [0.4, 0.5) is 11.6 Å². The van der Waals surface area contributed by atoms with Crippen LogP contribution in [0.15, 0.2) is 54.7 Å². The second-order valence-electron chi connectivity index (χ2n) is 8.47. The minimum atomic E-state index is -0.812. The minimum Gasteiger partial charge on any atom is -0.361 e. The Hall–Kier alpha value is -4.47. The Balaban J connectivity index is 1.09. The molecule has 0 aliphatic carbocycles. The summed E-state index contributed by atoms with van der Waals surface area (Å²) in [6.45, 7) is 0. The van der Waals surface area contributed by atoms with Crippen LogP contribution in [0.5, 0.6) is 0 Å². The van der Waals surface area contributed by atoms with Crippen LogP contribution in [0.1, 0.15) is 41.0 Å². The van der Waals surface area contributed by atoms with Gasteiger partial charge in [0.05, 0.1) is 11.3 Å². The Morgan fingerprint density at radius 3 is 2.77 bits per heavy atom. The van der Waals surface area contributed by atoms with Crippen molar-refractivity contribution in [1.82, 2.24) is 25.5 Å². The Morgan fingerprint density at radius 2 is 1.86 bits per heavy atom. The molecule has 3 amide bonds. The van der Waals surface area contributed by atoms with Gasteiger partial charge in [0.2, 0.25) is 17.8 Å². The molecule has 0 saturated carbocycles. The van der Waals surface area contributed by atoms with Crippen LogP contribution in [0.25, 0.3) is 10.9 Å². The van der Waals surface area contributed by atoms with Gasteiger partial charge in [-0.05, 0) is 43.0 Å². The largest absolute Gasteiger partial charge is 0.361 e. The van der Waals surface area contributed by atoms with Gasteiger partial charge < -0.3 is 15.6 Å². The molecule has 0 bridgehead atoms. The van der Waals surface area contributed by atoms with Crippen LogP contribution in [-0.2, 0) is 22.4 Å². The van der Waals surface area contributed by atoms with E-state index in [1.54, 1.807) is 24.3 Å². The molecule has 2 aromatic heterocycles. The molecule has 10 nitrogen and oxygen atoms in total. The third-order valence-corrected chi connectivity index (χ3v) is 6.03. The van der Waals surface area contributed by atoms with E-state index in [1.165, 1.54) is 10.9 Å². The molecule has 0 saturated heterocycles. The quantitative estimate of drug-likeness (QED) is 0.268. The first kappa shape index (κ1) is 22.3. The third-order valence-electron chi connectivity index (χ3n) is 6.03. The van der Waals surface area contributed by atoms with Crippen molar-refractivity contribution in [3.63, 3.8) is 0 Å². The normalized spacial score (nSPS) is 15.3. The Bertz CT molecular complexity index is 1390. The molecule has 0 unspecified atom stereocenters. The van der Waals surface area contributed by atoms with Gasteiger partial charge in [0.1, 0.15) is 11.9 Å². The summed E-state index contributed by atoms with van der Waals surface area (Å²) < 4.78 is 0. The fraction of sp³-hybridized carbons (Fsp3) is 0.240. The molecule has 35 heavy (non-hydrogen) atoms. The monoisotopic (exact) mass is 471 g/mol.